The molecule has 0 aromatic heterocycles. The summed E-state index contributed by atoms with van der Waals surface area (Å²) in [6, 6.07) is -0.521. The molecule has 2 unspecified atom stereocenters. The van der Waals surface area contributed by atoms with Crippen molar-refractivity contribution in [3.05, 3.63) is 0 Å². The summed E-state index contributed by atoms with van der Waals surface area (Å²) in [7, 11) is 0. The van der Waals surface area contributed by atoms with E-state index in [1.165, 1.54) is 0 Å². The van der Waals surface area contributed by atoms with Crippen LogP contribution in [0.25, 0.3) is 0 Å². The number of halogens is 3. The standard InChI is InChI=1S/C15H26F3NO/c1-11-6-8-14(20,9-7-11)10-19-13-5-3-2-4-12(13)15(16,17)18/h11-13,19-20H,2-10H2,1H3. The minimum atomic E-state index is -4.12. The number of hydrogen-bond donors (Lipinski definition) is 2. The molecule has 2 atom stereocenters. The second kappa shape index (κ2) is 6.22. The third-order valence-electron chi connectivity index (χ3n) is 5.08. The fourth-order valence-corrected chi connectivity index (χ4v) is 3.56. The van der Waals surface area contributed by atoms with E-state index in [1.807, 2.05) is 0 Å². The molecular formula is C15H26F3NO. The minimum absolute atomic E-state index is 0.219. The molecule has 0 heterocycles. The van der Waals surface area contributed by atoms with Crippen molar-refractivity contribution >= 4 is 0 Å². The van der Waals surface area contributed by atoms with Crippen molar-refractivity contribution in [2.24, 2.45) is 11.8 Å². The molecule has 20 heavy (non-hydrogen) atoms. The molecule has 0 aromatic rings. The van der Waals surface area contributed by atoms with Crippen LogP contribution in [-0.4, -0.2) is 29.5 Å². The Bertz CT molecular complexity index is 311. The van der Waals surface area contributed by atoms with Crippen LogP contribution in [0.2, 0.25) is 0 Å². The van der Waals surface area contributed by atoms with Crippen LogP contribution in [0.3, 0.4) is 0 Å². The summed E-state index contributed by atoms with van der Waals surface area (Å²) in [6.07, 6.45) is 1.49. The molecule has 2 aliphatic carbocycles. The first-order chi connectivity index (χ1) is 9.30. The summed E-state index contributed by atoms with van der Waals surface area (Å²) in [5.41, 5.74) is -0.805. The maximum Gasteiger partial charge on any atom is 0.393 e. The molecule has 0 radical (unpaired) electrons. The number of hydrogen-bond acceptors (Lipinski definition) is 2. The van der Waals surface area contributed by atoms with E-state index in [4.69, 9.17) is 0 Å². The monoisotopic (exact) mass is 293 g/mol. The van der Waals surface area contributed by atoms with Crippen molar-refractivity contribution in [1.29, 1.82) is 0 Å². The summed E-state index contributed by atoms with van der Waals surface area (Å²) >= 11 is 0. The van der Waals surface area contributed by atoms with E-state index in [0.29, 0.717) is 38.1 Å². The molecule has 2 fully saturated rings. The SMILES string of the molecule is CC1CCC(O)(CNC2CCCCC2C(F)(F)F)CC1. The lowest BCUT2D eigenvalue weighted by atomic mass is 9.78. The number of nitrogens with one attached hydrogen (secondary N) is 1. The van der Waals surface area contributed by atoms with Gasteiger partial charge in [0.15, 0.2) is 0 Å². The lowest BCUT2D eigenvalue weighted by Crippen LogP contribution is -2.51. The molecule has 118 valence electrons. The Labute approximate surface area is 119 Å². The number of aliphatic hydroxyl groups is 1. The first-order valence-corrected chi connectivity index (χ1v) is 7.83. The van der Waals surface area contributed by atoms with Crippen LogP contribution >= 0.6 is 0 Å². The summed E-state index contributed by atoms with van der Waals surface area (Å²) in [4.78, 5) is 0. The first kappa shape index (κ1) is 16.1. The molecule has 0 spiro atoms. The molecule has 0 saturated heterocycles. The third-order valence-corrected chi connectivity index (χ3v) is 5.08. The lowest BCUT2D eigenvalue weighted by molar-refractivity contribution is -0.189. The quantitative estimate of drug-likeness (QED) is 0.832. The van der Waals surface area contributed by atoms with E-state index < -0.39 is 23.7 Å². The van der Waals surface area contributed by atoms with Crippen molar-refractivity contribution in [2.45, 2.75) is 76.1 Å². The Kier molecular flexibility index (Phi) is 5.00. The first-order valence-electron chi connectivity index (χ1n) is 7.83. The molecule has 2 N–H and O–H groups in total. The van der Waals surface area contributed by atoms with Gasteiger partial charge in [-0.25, -0.2) is 0 Å². The van der Waals surface area contributed by atoms with Gasteiger partial charge in [0.25, 0.3) is 0 Å². The minimum Gasteiger partial charge on any atom is -0.389 e. The number of rotatable bonds is 3. The van der Waals surface area contributed by atoms with Crippen LogP contribution < -0.4 is 5.32 Å². The summed E-state index contributed by atoms with van der Waals surface area (Å²) < 4.78 is 39.0. The van der Waals surface area contributed by atoms with Crippen LogP contribution in [0, 0.1) is 11.8 Å². The van der Waals surface area contributed by atoms with Gasteiger partial charge in [-0.3, -0.25) is 0 Å². The van der Waals surface area contributed by atoms with Crippen molar-refractivity contribution < 1.29 is 18.3 Å². The van der Waals surface area contributed by atoms with Crippen LogP contribution in [0.1, 0.15) is 58.3 Å². The second-order valence-electron chi connectivity index (χ2n) is 6.83. The van der Waals surface area contributed by atoms with E-state index in [-0.39, 0.29) is 6.42 Å². The fourth-order valence-electron chi connectivity index (χ4n) is 3.56. The third kappa shape index (κ3) is 4.10. The van der Waals surface area contributed by atoms with Crippen molar-refractivity contribution in [1.82, 2.24) is 5.32 Å². The molecule has 0 aromatic carbocycles. The topological polar surface area (TPSA) is 32.3 Å². The lowest BCUT2D eigenvalue weighted by Gasteiger charge is -2.39. The zero-order valence-corrected chi connectivity index (χ0v) is 12.2. The predicted molar refractivity (Wildman–Crippen MR) is 72.4 cm³/mol. The molecule has 2 saturated carbocycles. The van der Waals surface area contributed by atoms with Crippen LogP contribution in [0.15, 0.2) is 0 Å². The number of alkyl halides is 3. The van der Waals surface area contributed by atoms with Gasteiger partial charge < -0.3 is 10.4 Å². The van der Waals surface area contributed by atoms with Crippen LogP contribution in [0.5, 0.6) is 0 Å². The fraction of sp³-hybridized carbons (Fsp3) is 1.00. The highest BCUT2D eigenvalue weighted by Crippen LogP contribution is 2.38. The van der Waals surface area contributed by atoms with E-state index in [2.05, 4.69) is 12.2 Å². The normalized spacial score (nSPS) is 39.8. The summed E-state index contributed by atoms with van der Waals surface area (Å²) in [5.74, 6) is -0.629. The smallest absolute Gasteiger partial charge is 0.389 e. The Morgan fingerprint density at radius 3 is 2.30 bits per heavy atom. The Hall–Kier alpha value is -0.290. The molecule has 2 aliphatic rings. The Morgan fingerprint density at radius 1 is 1.10 bits per heavy atom. The molecule has 5 heteroatoms. The highest BCUT2D eigenvalue weighted by Gasteiger charge is 2.46. The average molecular weight is 293 g/mol. The van der Waals surface area contributed by atoms with Gasteiger partial charge in [0.2, 0.25) is 0 Å². The summed E-state index contributed by atoms with van der Waals surface area (Å²) in [5, 5.41) is 13.5. The largest absolute Gasteiger partial charge is 0.393 e. The maximum absolute atomic E-state index is 13.0. The van der Waals surface area contributed by atoms with E-state index in [9.17, 15) is 18.3 Å². The molecule has 0 amide bonds. The zero-order valence-electron chi connectivity index (χ0n) is 12.2. The van der Waals surface area contributed by atoms with Gasteiger partial charge in [-0.1, -0.05) is 19.8 Å². The highest BCUT2D eigenvalue weighted by atomic mass is 19.4. The van der Waals surface area contributed by atoms with Gasteiger partial charge in [0, 0.05) is 12.6 Å². The maximum atomic E-state index is 13.0. The molecule has 0 bridgehead atoms. The second-order valence-corrected chi connectivity index (χ2v) is 6.83. The predicted octanol–water partition coefficient (Wildman–Crippen LogP) is 3.64. The van der Waals surface area contributed by atoms with Gasteiger partial charge >= 0.3 is 6.18 Å². The average Bonchev–Trinajstić information content (AvgIpc) is 2.40. The zero-order chi connectivity index (χ0) is 14.8. The Morgan fingerprint density at radius 2 is 1.70 bits per heavy atom. The summed E-state index contributed by atoms with van der Waals surface area (Å²) in [6.45, 7) is 2.46. The van der Waals surface area contributed by atoms with Gasteiger partial charge in [0.1, 0.15) is 0 Å². The van der Waals surface area contributed by atoms with Crippen molar-refractivity contribution in [2.75, 3.05) is 6.54 Å². The van der Waals surface area contributed by atoms with Gasteiger partial charge in [0.05, 0.1) is 11.5 Å². The molecule has 2 rings (SSSR count). The highest BCUT2D eigenvalue weighted by molar-refractivity contribution is 4.91. The van der Waals surface area contributed by atoms with Crippen molar-refractivity contribution in [3.8, 4) is 0 Å². The van der Waals surface area contributed by atoms with Crippen LogP contribution in [-0.2, 0) is 0 Å². The van der Waals surface area contributed by atoms with Crippen molar-refractivity contribution in [3.63, 3.8) is 0 Å². The molecule has 0 aliphatic heterocycles. The molecular weight excluding hydrogens is 267 g/mol. The van der Waals surface area contributed by atoms with E-state index >= 15 is 0 Å². The van der Waals surface area contributed by atoms with Gasteiger partial charge in [-0.15, -0.1) is 0 Å². The van der Waals surface area contributed by atoms with E-state index in [1.54, 1.807) is 0 Å². The van der Waals surface area contributed by atoms with Gasteiger partial charge in [-0.05, 0) is 44.4 Å². The van der Waals surface area contributed by atoms with Crippen LogP contribution in [0.4, 0.5) is 13.2 Å². The Balaban J connectivity index is 1.88. The molecule has 2 nitrogen and oxygen atoms in total. The van der Waals surface area contributed by atoms with Gasteiger partial charge in [-0.2, -0.15) is 13.2 Å². The van der Waals surface area contributed by atoms with E-state index in [0.717, 1.165) is 19.3 Å².